The number of thioether (sulfide) groups is 1. The van der Waals surface area contributed by atoms with Crippen LogP contribution in [0.4, 0.5) is 0 Å². The molecule has 1 heterocycles. The van der Waals surface area contributed by atoms with E-state index in [1.165, 1.54) is 5.56 Å². The van der Waals surface area contributed by atoms with Gasteiger partial charge in [0.1, 0.15) is 0 Å². The van der Waals surface area contributed by atoms with Crippen molar-refractivity contribution in [2.45, 2.75) is 11.8 Å². The number of Topliss-reactive ketones (excluding diaryl/α,β-unsaturated/α-hetero) is 1. The Kier molecular flexibility index (Phi) is 3.26. The Labute approximate surface area is 117 Å². The molecule has 3 rings (SSSR count). The summed E-state index contributed by atoms with van der Waals surface area (Å²) in [6.45, 7) is 2.06. The number of hydrogen-bond acceptors (Lipinski definition) is 2. The monoisotopic (exact) mass is 266 g/mol. The van der Waals surface area contributed by atoms with Crippen molar-refractivity contribution in [3.63, 3.8) is 0 Å². The van der Waals surface area contributed by atoms with E-state index in [4.69, 9.17) is 0 Å². The maximum atomic E-state index is 12.4. The average Bonchev–Trinajstić information content (AvgIpc) is 2.45. The largest absolute Gasteiger partial charge is 0.289 e. The van der Waals surface area contributed by atoms with Crippen molar-refractivity contribution >= 4 is 23.6 Å². The standard InChI is InChI=1S/C17H14OS/c1-12-6-8-13(9-7-12)10-14-11-19-16-5-3-2-4-15(16)17(14)18/h2-10H,11H2,1H3. The van der Waals surface area contributed by atoms with Gasteiger partial charge in [-0.15, -0.1) is 11.8 Å². The van der Waals surface area contributed by atoms with Crippen LogP contribution >= 0.6 is 11.8 Å². The van der Waals surface area contributed by atoms with Crippen molar-refractivity contribution in [1.29, 1.82) is 0 Å². The van der Waals surface area contributed by atoms with Crippen molar-refractivity contribution in [2.75, 3.05) is 5.75 Å². The summed E-state index contributed by atoms with van der Waals surface area (Å²) in [5.41, 5.74) is 4.04. The lowest BCUT2D eigenvalue weighted by molar-refractivity contribution is 0.103. The molecule has 0 saturated heterocycles. The highest BCUT2D eigenvalue weighted by atomic mass is 32.2. The Morgan fingerprint density at radius 3 is 2.58 bits per heavy atom. The van der Waals surface area contributed by atoms with Crippen LogP contribution in [0.15, 0.2) is 59.0 Å². The van der Waals surface area contributed by atoms with Crippen LogP contribution < -0.4 is 0 Å². The van der Waals surface area contributed by atoms with Gasteiger partial charge in [0.2, 0.25) is 0 Å². The van der Waals surface area contributed by atoms with Crippen molar-refractivity contribution in [1.82, 2.24) is 0 Å². The fourth-order valence-electron chi connectivity index (χ4n) is 2.15. The van der Waals surface area contributed by atoms with Gasteiger partial charge in [0.25, 0.3) is 0 Å². The number of aryl methyl sites for hydroxylation is 1. The second-order valence-electron chi connectivity index (χ2n) is 4.69. The lowest BCUT2D eigenvalue weighted by Gasteiger charge is -2.16. The van der Waals surface area contributed by atoms with Gasteiger partial charge >= 0.3 is 0 Å². The maximum Gasteiger partial charge on any atom is 0.191 e. The van der Waals surface area contributed by atoms with E-state index in [0.717, 1.165) is 27.3 Å². The van der Waals surface area contributed by atoms with Crippen molar-refractivity contribution < 1.29 is 4.79 Å². The zero-order valence-corrected chi connectivity index (χ0v) is 11.5. The first-order chi connectivity index (χ1) is 9.24. The number of ketones is 1. The fraction of sp³-hybridized carbons (Fsp3) is 0.118. The third-order valence-corrected chi connectivity index (χ3v) is 4.35. The predicted molar refractivity (Wildman–Crippen MR) is 80.7 cm³/mol. The summed E-state index contributed by atoms with van der Waals surface area (Å²) < 4.78 is 0. The van der Waals surface area contributed by atoms with E-state index in [1.54, 1.807) is 11.8 Å². The Bertz CT molecular complexity index is 653. The first-order valence-electron chi connectivity index (χ1n) is 6.28. The zero-order chi connectivity index (χ0) is 13.2. The molecule has 1 aliphatic heterocycles. The molecule has 19 heavy (non-hydrogen) atoms. The molecule has 0 bridgehead atoms. The van der Waals surface area contributed by atoms with Gasteiger partial charge in [0.15, 0.2) is 5.78 Å². The number of carbonyl (C=O) groups is 1. The first-order valence-corrected chi connectivity index (χ1v) is 7.26. The second-order valence-corrected chi connectivity index (χ2v) is 5.71. The third-order valence-electron chi connectivity index (χ3n) is 3.22. The second kappa shape index (κ2) is 5.06. The molecule has 94 valence electrons. The molecule has 1 aliphatic rings. The smallest absolute Gasteiger partial charge is 0.191 e. The molecule has 0 spiro atoms. The van der Waals surface area contributed by atoms with E-state index in [9.17, 15) is 4.79 Å². The van der Waals surface area contributed by atoms with E-state index in [0.29, 0.717) is 0 Å². The van der Waals surface area contributed by atoms with Crippen molar-refractivity contribution in [3.8, 4) is 0 Å². The highest BCUT2D eigenvalue weighted by Gasteiger charge is 2.21. The minimum Gasteiger partial charge on any atom is -0.289 e. The molecule has 0 radical (unpaired) electrons. The zero-order valence-electron chi connectivity index (χ0n) is 10.7. The van der Waals surface area contributed by atoms with Crippen LogP contribution in [0, 0.1) is 6.92 Å². The molecule has 0 saturated carbocycles. The number of carbonyl (C=O) groups excluding carboxylic acids is 1. The van der Waals surface area contributed by atoms with Gasteiger partial charge in [-0.05, 0) is 30.7 Å². The Balaban J connectivity index is 1.96. The number of fused-ring (bicyclic) bond motifs is 1. The predicted octanol–water partition coefficient (Wildman–Crippen LogP) is 4.37. The summed E-state index contributed by atoms with van der Waals surface area (Å²) in [6.07, 6.45) is 2.00. The molecule has 0 unspecified atom stereocenters. The highest BCUT2D eigenvalue weighted by molar-refractivity contribution is 7.99. The SMILES string of the molecule is Cc1ccc(C=C2CSc3ccccc3C2=O)cc1. The van der Waals surface area contributed by atoms with E-state index in [2.05, 4.69) is 31.2 Å². The lowest BCUT2D eigenvalue weighted by atomic mass is 10.0. The quantitative estimate of drug-likeness (QED) is 0.713. The molecular formula is C17H14OS. The summed E-state index contributed by atoms with van der Waals surface area (Å²) in [7, 11) is 0. The molecule has 0 N–H and O–H groups in total. The van der Waals surface area contributed by atoms with Crippen LogP contribution in [-0.2, 0) is 0 Å². The normalized spacial score (nSPS) is 16.5. The molecule has 0 atom stereocenters. The molecule has 2 aromatic rings. The van der Waals surface area contributed by atoms with Crippen LogP contribution in [0.5, 0.6) is 0 Å². The Morgan fingerprint density at radius 2 is 1.79 bits per heavy atom. The molecule has 0 amide bonds. The Morgan fingerprint density at radius 1 is 1.05 bits per heavy atom. The van der Waals surface area contributed by atoms with Gasteiger partial charge < -0.3 is 0 Å². The van der Waals surface area contributed by atoms with Gasteiger partial charge in [-0.1, -0.05) is 42.0 Å². The highest BCUT2D eigenvalue weighted by Crippen LogP contribution is 2.33. The summed E-state index contributed by atoms with van der Waals surface area (Å²) in [5, 5.41) is 0. The van der Waals surface area contributed by atoms with Crippen LogP contribution in [0.3, 0.4) is 0 Å². The van der Waals surface area contributed by atoms with E-state index in [1.807, 2.05) is 30.3 Å². The van der Waals surface area contributed by atoms with Gasteiger partial charge in [-0.25, -0.2) is 0 Å². The summed E-state index contributed by atoms with van der Waals surface area (Å²) >= 11 is 1.73. The summed E-state index contributed by atoms with van der Waals surface area (Å²) in [5.74, 6) is 0.916. The molecule has 1 nitrogen and oxygen atoms in total. The lowest BCUT2D eigenvalue weighted by Crippen LogP contribution is -2.11. The number of rotatable bonds is 1. The van der Waals surface area contributed by atoms with Crippen LogP contribution in [0.2, 0.25) is 0 Å². The van der Waals surface area contributed by atoms with Gasteiger partial charge in [0.05, 0.1) is 0 Å². The molecule has 0 aliphatic carbocycles. The van der Waals surface area contributed by atoms with Gasteiger partial charge in [0, 0.05) is 21.8 Å². The van der Waals surface area contributed by atoms with Crippen molar-refractivity contribution in [3.05, 3.63) is 70.8 Å². The average molecular weight is 266 g/mol. The third kappa shape index (κ3) is 2.49. The maximum absolute atomic E-state index is 12.4. The molecular weight excluding hydrogens is 252 g/mol. The van der Waals surface area contributed by atoms with Crippen LogP contribution in [0.25, 0.3) is 6.08 Å². The Hall–Kier alpha value is -1.80. The molecule has 0 fully saturated rings. The molecule has 2 aromatic carbocycles. The first kappa shape index (κ1) is 12.2. The van der Waals surface area contributed by atoms with E-state index >= 15 is 0 Å². The van der Waals surface area contributed by atoms with Crippen LogP contribution in [-0.4, -0.2) is 11.5 Å². The molecule has 2 heteroatoms. The van der Waals surface area contributed by atoms with Gasteiger partial charge in [-0.2, -0.15) is 0 Å². The summed E-state index contributed by atoms with van der Waals surface area (Å²) in [6, 6.07) is 16.1. The van der Waals surface area contributed by atoms with Gasteiger partial charge in [-0.3, -0.25) is 4.79 Å². The number of benzene rings is 2. The van der Waals surface area contributed by atoms with E-state index in [-0.39, 0.29) is 5.78 Å². The van der Waals surface area contributed by atoms with E-state index < -0.39 is 0 Å². The minimum atomic E-state index is 0.162. The fourth-order valence-corrected chi connectivity index (χ4v) is 3.16. The van der Waals surface area contributed by atoms with Crippen LogP contribution in [0.1, 0.15) is 21.5 Å². The van der Waals surface area contributed by atoms with Crippen molar-refractivity contribution in [2.24, 2.45) is 0 Å². The molecule has 0 aromatic heterocycles. The number of hydrogen-bond donors (Lipinski definition) is 0. The minimum absolute atomic E-state index is 0.162. The topological polar surface area (TPSA) is 17.1 Å². The summed E-state index contributed by atoms with van der Waals surface area (Å²) in [4.78, 5) is 13.5.